The summed E-state index contributed by atoms with van der Waals surface area (Å²) in [6.45, 7) is 0.852. The Hall–Kier alpha value is -1.07. The van der Waals surface area contributed by atoms with Gasteiger partial charge in [-0.05, 0) is 42.7 Å². The van der Waals surface area contributed by atoms with Gasteiger partial charge in [-0.25, -0.2) is 4.39 Å². The van der Waals surface area contributed by atoms with Gasteiger partial charge in [-0.2, -0.15) is 11.8 Å². The van der Waals surface area contributed by atoms with Gasteiger partial charge in [0, 0.05) is 18.9 Å². The number of rotatable bonds is 8. The third kappa shape index (κ3) is 3.73. The first kappa shape index (κ1) is 15.3. The number of hydrogen-bond acceptors (Lipinski definition) is 3. The number of benzene rings is 1. The zero-order valence-corrected chi connectivity index (χ0v) is 12.2. The molecule has 1 aliphatic carbocycles. The van der Waals surface area contributed by atoms with Crippen LogP contribution in [0.25, 0.3) is 0 Å². The second-order valence-electron chi connectivity index (χ2n) is 5.03. The van der Waals surface area contributed by atoms with Gasteiger partial charge in [-0.15, -0.1) is 0 Å². The first-order chi connectivity index (χ1) is 9.69. The number of halogens is 1. The number of nitrogens with one attached hydrogen (secondary N) is 1. The van der Waals surface area contributed by atoms with E-state index in [-0.39, 0.29) is 18.3 Å². The number of carbonyl (C=O) groups excluding carboxylic acids is 1. The predicted octanol–water partition coefficient (Wildman–Crippen LogP) is 2.09. The van der Waals surface area contributed by atoms with Crippen molar-refractivity contribution in [2.75, 3.05) is 24.7 Å². The van der Waals surface area contributed by atoms with Crippen molar-refractivity contribution in [3.63, 3.8) is 0 Å². The monoisotopic (exact) mass is 297 g/mol. The van der Waals surface area contributed by atoms with Crippen molar-refractivity contribution in [1.29, 1.82) is 0 Å². The SMILES string of the molecule is O=C(NCCSCCCO)C1(c2ccc(F)cc2)CC1. The lowest BCUT2D eigenvalue weighted by Crippen LogP contribution is -2.36. The van der Waals surface area contributed by atoms with Gasteiger partial charge in [0.2, 0.25) is 5.91 Å². The van der Waals surface area contributed by atoms with E-state index in [0.29, 0.717) is 6.54 Å². The molecule has 1 aromatic carbocycles. The van der Waals surface area contributed by atoms with Gasteiger partial charge in [-0.1, -0.05) is 12.1 Å². The molecule has 3 nitrogen and oxygen atoms in total. The molecule has 0 aliphatic heterocycles. The van der Waals surface area contributed by atoms with Gasteiger partial charge >= 0.3 is 0 Å². The van der Waals surface area contributed by atoms with Crippen molar-refractivity contribution in [3.05, 3.63) is 35.6 Å². The molecule has 5 heteroatoms. The summed E-state index contributed by atoms with van der Waals surface area (Å²) in [6, 6.07) is 6.23. The van der Waals surface area contributed by atoms with E-state index in [1.165, 1.54) is 12.1 Å². The first-order valence-electron chi connectivity index (χ1n) is 6.92. The Labute approximate surface area is 123 Å². The highest BCUT2D eigenvalue weighted by atomic mass is 32.2. The normalized spacial score (nSPS) is 15.9. The molecule has 0 heterocycles. The molecule has 0 radical (unpaired) electrons. The van der Waals surface area contributed by atoms with E-state index in [1.807, 2.05) is 0 Å². The molecule has 0 aromatic heterocycles. The number of aliphatic hydroxyl groups is 1. The molecule has 110 valence electrons. The molecule has 0 atom stereocenters. The fraction of sp³-hybridized carbons (Fsp3) is 0.533. The van der Waals surface area contributed by atoms with Crippen LogP contribution >= 0.6 is 11.8 Å². The molecule has 0 bridgehead atoms. The number of hydrogen-bond donors (Lipinski definition) is 2. The molecule has 1 saturated carbocycles. The Morgan fingerprint density at radius 2 is 2.00 bits per heavy atom. The van der Waals surface area contributed by atoms with Crippen LogP contribution in [0.5, 0.6) is 0 Å². The van der Waals surface area contributed by atoms with E-state index in [4.69, 9.17) is 5.11 Å². The highest BCUT2D eigenvalue weighted by molar-refractivity contribution is 7.99. The number of thioether (sulfide) groups is 1. The zero-order chi connectivity index (χ0) is 14.4. The van der Waals surface area contributed by atoms with Crippen LogP contribution in [-0.4, -0.2) is 35.7 Å². The van der Waals surface area contributed by atoms with Crippen LogP contribution in [0.1, 0.15) is 24.8 Å². The summed E-state index contributed by atoms with van der Waals surface area (Å²) in [6.07, 6.45) is 2.46. The van der Waals surface area contributed by atoms with Crippen molar-refractivity contribution in [1.82, 2.24) is 5.32 Å². The molecule has 1 amide bonds. The van der Waals surface area contributed by atoms with Crippen molar-refractivity contribution < 1.29 is 14.3 Å². The Morgan fingerprint density at radius 1 is 1.30 bits per heavy atom. The van der Waals surface area contributed by atoms with Crippen LogP contribution in [0.2, 0.25) is 0 Å². The van der Waals surface area contributed by atoms with Crippen LogP contribution in [-0.2, 0) is 10.2 Å². The molecule has 20 heavy (non-hydrogen) atoms. The average molecular weight is 297 g/mol. The van der Waals surface area contributed by atoms with Crippen LogP contribution < -0.4 is 5.32 Å². The third-order valence-corrected chi connectivity index (χ3v) is 4.63. The maximum atomic E-state index is 12.9. The van der Waals surface area contributed by atoms with Crippen LogP contribution in [0.3, 0.4) is 0 Å². The van der Waals surface area contributed by atoms with Gasteiger partial charge in [0.25, 0.3) is 0 Å². The van der Waals surface area contributed by atoms with E-state index >= 15 is 0 Å². The van der Waals surface area contributed by atoms with E-state index < -0.39 is 5.41 Å². The predicted molar refractivity (Wildman–Crippen MR) is 79.3 cm³/mol. The smallest absolute Gasteiger partial charge is 0.230 e. The van der Waals surface area contributed by atoms with E-state index in [2.05, 4.69) is 5.32 Å². The van der Waals surface area contributed by atoms with Gasteiger partial charge in [0.05, 0.1) is 5.41 Å². The summed E-state index contributed by atoms with van der Waals surface area (Å²) in [5, 5.41) is 11.6. The minimum absolute atomic E-state index is 0.0480. The fourth-order valence-electron chi connectivity index (χ4n) is 2.22. The Kier molecular flexibility index (Phi) is 5.43. The quantitative estimate of drug-likeness (QED) is 0.722. The number of carbonyl (C=O) groups is 1. The summed E-state index contributed by atoms with van der Waals surface area (Å²) in [7, 11) is 0. The first-order valence-corrected chi connectivity index (χ1v) is 8.07. The third-order valence-electron chi connectivity index (χ3n) is 3.56. The molecule has 0 spiro atoms. The van der Waals surface area contributed by atoms with Crippen LogP contribution in [0.15, 0.2) is 24.3 Å². The maximum Gasteiger partial charge on any atom is 0.230 e. The minimum Gasteiger partial charge on any atom is -0.396 e. The highest BCUT2D eigenvalue weighted by Crippen LogP contribution is 2.48. The standard InChI is InChI=1S/C15H20FNO2S/c16-13-4-2-12(3-5-13)15(6-7-15)14(19)17-8-11-20-10-1-9-18/h2-5,18H,1,6-11H2,(H,17,19). The van der Waals surface area contributed by atoms with E-state index in [0.717, 1.165) is 36.3 Å². The summed E-state index contributed by atoms with van der Waals surface area (Å²) >= 11 is 1.72. The molecule has 2 N–H and O–H groups in total. The van der Waals surface area contributed by atoms with Crippen molar-refractivity contribution in [2.24, 2.45) is 0 Å². The number of aliphatic hydroxyl groups excluding tert-OH is 1. The Balaban J connectivity index is 1.78. The van der Waals surface area contributed by atoms with E-state index in [1.54, 1.807) is 23.9 Å². The molecule has 0 unspecified atom stereocenters. The average Bonchev–Trinajstić information content (AvgIpc) is 3.25. The number of amides is 1. The van der Waals surface area contributed by atoms with Crippen molar-refractivity contribution >= 4 is 17.7 Å². The lowest BCUT2D eigenvalue weighted by Gasteiger charge is -2.15. The second kappa shape index (κ2) is 7.09. The topological polar surface area (TPSA) is 49.3 Å². The summed E-state index contributed by atoms with van der Waals surface area (Å²) in [5.41, 5.74) is 0.480. The minimum atomic E-state index is -0.427. The lowest BCUT2D eigenvalue weighted by atomic mass is 9.95. The van der Waals surface area contributed by atoms with Gasteiger partial charge in [0.15, 0.2) is 0 Å². The highest BCUT2D eigenvalue weighted by Gasteiger charge is 2.50. The second-order valence-corrected chi connectivity index (χ2v) is 6.26. The molecule has 1 aromatic rings. The molecule has 1 aliphatic rings. The van der Waals surface area contributed by atoms with E-state index in [9.17, 15) is 9.18 Å². The summed E-state index contributed by atoms with van der Waals surface area (Å²) < 4.78 is 12.9. The molecular formula is C15H20FNO2S. The molecule has 2 rings (SSSR count). The molecule has 0 saturated heterocycles. The van der Waals surface area contributed by atoms with Crippen molar-refractivity contribution in [3.8, 4) is 0 Å². The van der Waals surface area contributed by atoms with Crippen LogP contribution in [0.4, 0.5) is 4.39 Å². The fourth-order valence-corrected chi connectivity index (χ4v) is 3.00. The maximum absolute atomic E-state index is 12.9. The summed E-state index contributed by atoms with van der Waals surface area (Å²) in [4.78, 5) is 12.2. The Bertz CT molecular complexity index is 446. The zero-order valence-electron chi connectivity index (χ0n) is 11.4. The Morgan fingerprint density at radius 3 is 2.60 bits per heavy atom. The summed E-state index contributed by atoms with van der Waals surface area (Å²) in [5.74, 6) is 1.54. The van der Waals surface area contributed by atoms with Crippen LogP contribution in [0, 0.1) is 5.82 Å². The van der Waals surface area contributed by atoms with Gasteiger partial charge < -0.3 is 10.4 Å². The largest absolute Gasteiger partial charge is 0.396 e. The molecular weight excluding hydrogens is 277 g/mol. The lowest BCUT2D eigenvalue weighted by molar-refractivity contribution is -0.123. The van der Waals surface area contributed by atoms with Crippen molar-refractivity contribution in [2.45, 2.75) is 24.7 Å². The van der Waals surface area contributed by atoms with Gasteiger partial charge in [0.1, 0.15) is 5.82 Å². The van der Waals surface area contributed by atoms with Gasteiger partial charge in [-0.3, -0.25) is 4.79 Å². The molecule has 1 fully saturated rings.